The fourth-order valence-corrected chi connectivity index (χ4v) is 3.79. The van der Waals surface area contributed by atoms with Crippen LogP contribution in [0.4, 0.5) is 5.69 Å². The van der Waals surface area contributed by atoms with Crippen LogP contribution >= 0.6 is 15.9 Å². The van der Waals surface area contributed by atoms with E-state index in [0.29, 0.717) is 17.5 Å². The maximum absolute atomic E-state index is 13.2. The SMILES string of the molecule is Cc1nnc(-c2cccc(NC(=O)C(c3ccc(Br)cc3)N3CCCC3)c2)o1. The number of nitrogens with one attached hydrogen (secondary N) is 1. The lowest BCUT2D eigenvalue weighted by atomic mass is 10.0. The summed E-state index contributed by atoms with van der Waals surface area (Å²) in [6, 6.07) is 15.1. The Morgan fingerprint density at radius 1 is 1.14 bits per heavy atom. The topological polar surface area (TPSA) is 71.3 Å². The van der Waals surface area contributed by atoms with E-state index in [9.17, 15) is 4.79 Å². The number of hydrogen-bond acceptors (Lipinski definition) is 5. The van der Waals surface area contributed by atoms with Crippen LogP contribution in [-0.4, -0.2) is 34.1 Å². The first-order valence-corrected chi connectivity index (χ1v) is 10.1. The van der Waals surface area contributed by atoms with E-state index in [1.807, 2.05) is 48.5 Å². The van der Waals surface area contributed by atoms with E-state index in [2.05, 4.69) is 36.3 Å². The summed E-state index contributed by atoms with van der Waals surface area (Å²) in [4.78, 5) is 15.5. The van der Waals surface area contributed by atoms with Gasteiger partial charge in [-0.15, -0.1) is 10.2 Å². The lowest BCUT2D eigenvalue weighted by Gasteiger charge is -2.27. The molecule has 1 atom stereocenters. The van der Waals surface area contributed by atoms with Crippen LogP contribution in [0.25, 0.3) is 11.5 Å². The smallest absolute Gasteiger partial charge is 0.247 e. The van der Waals surface area contributed by atoms with Crippen molar-refractivity contribution in [3.05, 3.63) is 64.5 Å². The van der Waals surface area contributed by atoms with E-state index in [1.165, 1.54) is 0 Å². The molecule has 0 radical (unpaired) electrons. The number of hydrogen-bond donors (Lipinski definition) is 1. The number of likely N-dealkylation sites (tertiary alicyclic amines) is 1. The van der Waals surface area contributed by atoms with Gasteiger partial charge in [0.05, 0.1) is 0 Å². The van der Waals surface area contributed by atoms with E-state index in [1.54, 1.807) is 6.92 Å². The molecule has 28 heavy (non-hydrogen) atoms. The molecule has 1 fully saturated rings. The summed E-state index contributed by atoms with van der Waals surface area (Å²) in [5, 5.41) is 11.0. The second-order valence-corrected chi connectivity index (χ2v) is 7.81. The molecule has 1 aliphatic heterocycles. The van der Waals surface area contributed by atoms with Gasteiger partial charge in [-0.05, 0) is 61.8 Å². The van der Waals surface area contributed by atoms with Gasteiger partial charge in [-0.25, -0.2) is 0 Å². The van der Waals surface area contributed by atoms with Crippen molar-refractivity contribution in [2.45, 2.75) is 25.8 Å². The van der Waals surface area contributed by atoms with Crippen molar-refractivity contribution in [3.8, 4) is 11.5 Å². The molecular formula is C21H21BrN4O2. The fourth-order valence-electron chi connectivity index (χ4n) is 3.53. The summed E-state index contributed by atoms with van der Waals surface area (Å²) in [6.45, 7) is 3.60. The summed E-state index contributed by atoms with van der Waals surface area (Å²) < 4.78 is 6.49. The number of rotatable bonds is 5. The summed E-state index contributed by atoms with van der Waals surface area (Å²) in [5.74, 6) is 0.912. The lowest BCUT2D eigenvalue weighted by Crippen LogP contribution is -2.35. The van der Waals surface area contributed by atoms with E-state index in [0.717, 1.165) is 41.5 Å². The van der Waals surface area contributed by atoms with Gasteiger partial charge >= 0.3 is 0 Å². The standard InChI is InChI=1S/C21H21BrN4O2/c1-14-24-25-21(28-14)16-5-4-6-18(13-16)23-20(27)19(26-11-2-3-12-26)15-7-9-17(22)10-8-15/h4-10,13,19H,2-3,11-12H2,1H3,(H,23,27). The van der Waals surface area contributed by atoms with Crippen molar-refractivity contribution in [3.63, 3.8) is 0 Å². The number of anilines is 1. The molecule has 1 N–H and O–H groups in total. The van der Waals surface area contributed by atoms with Gasteiger partial charge in [-0.2, -0.15) is 0 Å². The van der Waals surface area contributed by atoms with Gasteiger partial charge in [-0.3, -0.25) is 9.69 Å². The van der Waals surface area contributed by atoms with Crippen LogP contribution in [0.2, 0.25) is 0 Å². The highest BCUT2D eigenvalue weighted by Crippen LogP contribution is 2.28. The lowest BCUT2D eigenvalue weighted by molar-refractivity contribution is -0.121. The second-order valence-electron chi connectivity index (χ2n) is 6.89. The largest absolute Gasteiger partial charge is 0.421 e. The molecule has 1 unspecified atom stereocenters. The predicted molar refractivity (Wildman–Crippen MR) is 111 cm³/mol. The first-order valence-electron chi connectivity index (χ1n) is 9.31. The Morgan fingerprint density at radius 3 is 2.57 bits per heavy atom. The third kappa shape index (κ3) is 4.15. The Labute approximate surface area is 172 Å². The molecule has 6 nitrogen and oxygen atoms in total. The number of halogens is 1. The quantitative estimate of drug-likeness (QED) is 0.628. The zero-order chi connectivity index (χ0) is 19.5. The Balaban J connectivity index is 1.58. The summed E-state index contributed by atoms with van der Waals surface area (Å²) in [6.07, 6.45) is 2.23. The average Bonchev–Trinajstić information content (AvgIpc) is 3.36. The first-order chi connectivity index (χ1) is 13.6. The monoisotopic (exact) mass is 440 g/mol. The Morgan fingerprint density at radius 2 is 1.89 bits per heavy atom. The number of carbonyl (C=O) groups excluding carboxylic acids is 1. The third-order valence-electron chi connectivity index (χ3n) is 4.84. The van der Waals surface area contributed by atoms with Crippen LogP contribution in [0.15, 0.2) is 57.4 Å². The molecular weight excluding hydrogens is 420 g/mol. The van der Waals surface area contributed by atoms with Crippen LogP contribution in [0.1, 0.15) is 30.3 Å². The van der Waals surface area contributed by atoms with Gasteiger partial charge < -0.3 is 9.73 Å². The van der Waals surface area contributed by atoms with Crippen LogP contribution < -0.4 is 5.32 Å². The van der Waals surface area contributed by atoms with Crippen molar-refractivity contribution in [2.75, 3.05) is 18.4 Å². The van der Waals surface area contributed by atoms with Crippen molar-refractivity contribution < 1.29 is 9.21 Å². The van der Waals surface area contributed by atoms with Gasteiger partial charge in [0.2, 0.25) is 17.7 Å². The molecule has 4 rings (SSSR count). The normalized spacial score (nSPS) is 15.5. The predicted octanol–water partition coefficient (Wildman–Crippen LogP) is 4.58. The van der Waals surface area contributed by atoms with E-state index >= 15 is 0 Å². The summed E-state index contributed by atoms with van der Waals surface area (Å²) >= 11 is 3.47. The molecule has 2 aromatic carbocycles. The Kier molecular flexibility index (Phi) is 5.54. The van der Waals surface area contributed by atoms with Crippen molar-refractivity contribution in [2.24, 2.45) is 0 Å². The Bertz CT molecular complexity index is 965. The molecule has 7 heteroatoms. The number of aromatic nitrogens is 2. The highest BCUT2D eigenvalue weighted by molar-refractivity contribution is 9.10. The number of nitrogens with zero attached hydrogens (tertiary/aromatic N) is 3. The maximum atomic E-state index is 13.2. The van der Waals surface area contributed by atoms with Gasteiger partial charge in [0, 0.05) is 22.6 Å². The molecule has 1 saturated heterocycles. The molecule has 144 valence electrons. The van der Waals surface area contributed by atoms with Gasteiger partial charge in [0.15, 0.2) is 0 Å². The molecule has 1 amide bonds. The second kappa shape index (κ2) is 8.24. The van der Waals surface area contributed by atoms with Crippen LogP contribution in [0.3, 0.4) is 0 Å². The minimum Gasteiger partial charge on any atom is -0.421 e. The summed E-state index contributed by atoms with van der Waals surface area (Å²) in [5.41, 5.74) is 2.48. The zero-order valence-electron chi connectivity index (χ0n) is 15.6. The Hall–Kier alpha value is -2.51. The maximum Gasteiger partial charge on any atom is 0.247 e. The zero-order valence-corrected chi connectivity index (χ0v) is 17.1. The molecule has 0 bridgehead atoms. The van der Waals surface area contributed by atoms with Crippen molar-refractivity contribution >= 4 is 27.5 Å². The minimum absolute atomic E-state index is 0.0388. The van der Waals surface area contributed by atoms with Crippen LogP contribution in [0, 0.1) is 6.92 Å². The number of benzene rings is 2. The van der Waals surface area contributed by atoms with Gasteiger partial charge in [0.1, 0.15) is 6.04 Å². The molecule has 0 aliphatic carbocycles. The van der Waals surface area contributed by atoms with Crippen LogP contribution in [0.5, 0.6) is 0 Å². The van der Waals surface area contributed by atoms with Crippen molar-refractivity contribution in [1.29, 1.82) is 0 Å². The highest BCUT2D eigenvalue weighted by Gasteiger charge is 2.29. The van der Waals surface area contributed by atoms with Crippen LogP contribution in [-0.2, 0) is 4.79 Å². The molecule has 1 aromatic heterocycles. The van der Waals surface area contributed by atoms with E-state index < -0.39 is 0 Å². The molecule has 0 saturated carbocycles. The molecule has 3 aromatic rings. The van der Waals surface area contributed by atoms with E-state index in [4.69, 9.17) is 4.42 Å². The fraction of sp³-hybridized carbons (Fsp3) is 0.286. The minimum atomic E-state index is -0.315. The molecule has 2 heterocycles. The number of aryl methyl sites for hydroxylation is 1. The highest BCUT2D eigenvalue weighted by atomic mass is 79.9. The first kappa shape index (κ1) is 18.8. The van der Waals surface area contributed by atoms with Gasteiger partial charge in [-0.1, -0.05) is 34.1 Å². The average molecular weight is 441 g/mol. The van der Waals surface area contributed by atoms with Crippen molar-refractivity contribution in [1.82, 2.24) is 15.1 Å². The van der Waals surface area contributed by atoms with Gasteiger partial charge in [0.25, 0.3) is 0 Å². The molecule has 1 aliphatic rings. The number of carbonyl (C=O) groups is 1. The number of amides is 1. The molecule has 0 spiro atoms. The third-order valence-corrected chi connectivity index (χ3v) is 5.37. The van der Waals surface area contributed by atoms with E-state index in [-0.39, 0.29) is 11.9 Å². The summed E-state index contributed by atoms with van der Waals surface area (Å²) in [7, 11) is 0.